The van der Waals surface area contributed by atoms with Crippen LogP contribution in [0.1, 0.15) is 39.0 Å². The van der Waals surface area contributed by atoms with E-state index in [-0.39, 0.29) is 23.3 Å². The van der Waals surface area contributed by atoms with Crippen molar-refractivity contribution in [3.63, 3.8) is 0 Å². The zero-order valence-corrected chi connectivity index (χ0v) is 24.1. The fourth-order valence-electron chi connectivity index (χ4n) is 3.02. The maximum Gasteiger partial charge on any atom is 0.471 e. The van der Waals surface area contributed by atoms with Gasteiger partial charge >= 0.3 is 17.8 Å². The van der Waals surface area contributed by atoms with E-state index in [2.05, 4.69) is 50.7 Å². The number of amides is 1. The summed E-state index contributed by atoms with van der Waals surface area (Å²) < 4.78 is 56.5. The molecule has 0 aromatic carbocycles. The van der Waals surface area contributed by atoms with Crippen molar-refractivity contribution >= 4 is 35.8 Å². The number of hydrogen-bond donors (Lipinski definition) is 2. The minimum atomic E-state index is -5.04. The molecule has 0 unspecified atom stereocenters. The maximum atomic E-state index is 12.6. The first-order valence-electron chi connectivity index (χ1n) is 11.3. The van der Waals surface area contributed by atoms with Gasteiger partial charge in [0, 0.05) is 12.6 Å². The molecule has 37 heavy (non-hydrogen) atoms. The van der Waals surface area contributed by atoms with Crippen molar-refractivity contribution in [3.05, 3.63) is 32.6 Å². The van der Waals surface area contributed by atoms with Crippen molar-refractivity contribution in [2.45, 2.75) is 69.9 Å². The molecule has 0 saturated carbocycles. The molecule has 1 aromatic heterocycles. The highest BCUT2D eigenvalue weighted by atomic mass is 33.1. The Bertz CT molecular complexity index is 1120. The molecule has 15 heteroatoms. The Kier molecular flexibility index (Phi) is 11.0. The van der Waals surface area contributed by atoms with Gasteiger partial charge in [0.2, 0.25) is 0 Å². The van der Waals surface area contributed by atoms with Crippen molar-refractivity contribution in [2.24, 2.45) is 0 Å². The number of hydrogen-bond acceptors (Lipinski definition) is 8. The molecule has 1 saturated heterocycles. The molecule has 0 spiro atoms. The number of H-pyrrole nitrogens is 1. The van der Waals surface area contributed by atoms with Crippen LogP contribution in [0.15, 0.2) is 15.8 Å². The molecule has 3 atom stereocenters. The Hall–Kier alpha value is -1.70. The number of aromatic nitrogens is 2. The van der Waals surface area contributed by atoms with E-state index >= 15 is 0 Å². The second kappa shape index (κ2) is 12.9. The van der Waals surface area contributed by atoms with Crippen LogP contribution >= 0.6 is 21.6 Å². The van der Waals surface area contributed by atoms with Crippen LogP contribution in [0.25, 0.3) is 0 Å². The van der Waals surface area contributed by atoms with E-state index in [1.807, 2.05) is 6.26 Å². The summed E-state index contributed by atoms with van der Waals surface area (Å²) in [6.45, 7) is 10.2. The average molecular weight is 584 g/mol. The molecule has 1 aliphatic heterocycles. The fraction of sp³-hybridized carbons (Fsp3) is 0.682. The van der Waals surface area contributed by atoms with Crippen molar-refractivity contribution in [1.82, 2.24) is 14.9 Å². The van der Waals surface area contributed by atoms with Gasteiger partial charge in [-0.15, -0.1) is 0 Å². The van der Waals surface area contributed by atoms with Crippen molar-refractivity contribution < 1.29 is 31.9 Å². The molecule has 0 aliphatic carbocycles. The van der Waals surface area contributed by atoms with Crippen LogP contribution in [0.3, 0.4) is 0 Å². The number of aromatic amines is 1. The largest absolute Gasteiger partial charge is 0.471 e. The number of nitrogens with one attached hydrogen (secondary N) is 2. The van der Waals surface area contributed by atoms with Gasteiger partial charge in [-0.05, 0) is 24.4 Å². The lowest BCUT2D eigenvalue weighted by atomic mass is 10.2. The van der Waals surface area contributed by atoms with E-state index in [1.54, 1.807) is 16.1 Å². The SMILES string of the molecule is CSSCO[C@@H]1C[C@H](n2cc(C#CCNC(=O)C(F)(F)F)c(=O)[nH]c2=O)O[C@@H]1CO[Si](C)(C)C(C)(C)C. The zero-order chi connectivity index (χ0) is 28.0. The topological polar surface area (TPSA) is 112 Å². The van der Waals surface area contributed by atoms with E-state index in [0.717, 1.165) is 0 Å². The fourth-order valence-corrected chi connectivity index (χ4v) is 4.82. The van der Waals surface area contributed by atoms with Crippen LogP contribution in [-0.4, -0.2) is 67.5 Å². The van der Waals surface area contributed by atoms with Gasteiger partial charge in [0.25, 0.3) is 5.56 Å². The van der Waals surface area contributed by atoms with Crippen LogP contribution in [0.5, 0.6) is 0 Å². The highest BCUT2D eigenvalue weighted by molar-refractivity contribution is 8.76. The van der Waals surface area contributed by atoms with Gasteiger partial charge < -0.3 is 19.2 Å². The van der Waals surface area contributed by atoms with Crippen LogP contribution < -0.4 is 16.6 Å². The minimum Gasteiger partial charge on any atom is -0.414 e. The van der Waals surface area contributed by atoms with Gasteiger partial charge in [-0.1, -0.05) is 54.2 Å². The number of carbonyl (C=O) groups excluding carboxylic acids is 1. The summed E-state index contributed by atoms with van der Waals surface area (Å²) in [7, 11) is 0.980. The van der Waals surface area contributed by atoms with E-state index in [0.29, 0.717) is 12.4 Å². The highest BCUT2D eigenvalue weighted by Crippen LogP contribution is 2.38. The molecule has 1 fully saturated rings. The van der Waals surface area contributed by atoms with E-state index in [1.165, 1.54) is 21.6 Å². The lowest BCUT2D eigenvalue weighted by Gasteiger charge is -2.37. The standard InChI is InChI=1S/C22H32F3N3O6S2Si/c1-21(2,3)37(5,6)33-12-16-15(32-13-36-35-4)10-17(34-16)28-11-14(18(29)27-20(28)31)8-7-9-26-19(30)22(23,24)25/h11,15-17H,9-10,12-13H2,1-6H3,(H,26,30)(H,27,29,31)/t15-,16-,17-/m1/s1. The van der Waals surface area contributed by atoms with E-state index < -0.39 is 50.5 Å². The molecule has 1 amide bonds. The summed E-state index contributed by atoms with van der Waals surface area (Å²) in [4.78, 5) is 37.8. The first-order chi connectivity index (χ1) is 17.1. The number of nitrogens with zero attached hydrogens (tertiary/aromatic N) is 1. The molecule has 0 radical (unpaired) electrons. The quantitative estimate of drug-likeness (QED) is 0.150. The first-order valence-corrected chi connectivity index (χ1v) is 17.0. The third-order valence-corrected chi connectivity index (χ3v) is 12.1. The summed E-state index contributed by atoms with van der Waals surface area (Å²) in [5.74, 6) is 2.93. The van der Waals surface area contributed by atoms with Crippen LogP contribution in [0.4, 0.5) is 13.2 Å². The van der Waals surface area contributed by atoms with Crippen LogP contribution in [-0.2, 0) is 18.7 Å². The number of carbonyl (C=O) groups is 1. The van der Waals surface area contributed by atoms with Gasteiger partial charge in [0.15, 0.2) is 8.32 Å². The first kappa shape index (κ1) is 31.5. The molecule has 208 valence electrons. The maximum absolute atomic E-state index is 12.6. The summed E-state index contributed by atoms with van der Waals surface area (Å²) in [5.41, 5.74) is -1.70. The van der Waals surface area contributed by atoms with Crippen molar-refractivity contribution in [3.8, 4) is 11.8 Å². The molecular weight excluding hydrogens is 551 g/mol. The Morgan fingerprint density at radius 1 is 1.32 bits per heavy atom. The molecule has 1 aliphatic rings. The predicted octanol–water partition coefficient (Wildman–Crippen LogP) is 3.23. The minimum absolute atomic E-state index is 0.0148. The third-order valence-electron chi connectivity index (χ3n) is 6.14. The molecule has 9 nitrogen and oxygen atoms in total. The van der Waals surface area contributed by atoms with Gasteiger partial charge in [0.1, 0.15) is 23.8 Å². The summed E-state index contributed by atoms with van der Waals surface area (Å²) in [6, 6.07) is 0. The summed E-state index contributed by atoms with van der Waals surface area (Å²) in [5, 5.41) is 1.58. The summed E-state index contributed by atoms with van der Waals surface area (Å²) >= 11 is 0. The van der Waals surface area contributed by atoms with Gasteiger partial charge in [0.05, 0.1) is 19.3 Å². The highest BCUT2D eigenvalue weighted by Gasteiger charge is 2.42. The van der Waals surface area contributed by atoms with Gasteiger partial charge in [-0.2, -0.15) is 13.2 Å². The molecule has 1 aromatic rings. The Morgan fingerprint density at radius 2 is 2.00 bits per heavy atom. The zero-order valence-electron chi connectivity index (χ0n) is 21.5. The smallest absolute Gasteiger partial charge is 0.414 e. The van der Waals surface area contributed by atoms with E-state index in [9.17, 15) is 27.6 Å². The second-order valence-corrected chi connectivity index (χ2v) is 17.1. The Morgan fingerprint density at radius 3 is 2.59 bits per heavy atom. The second-order valence-electron chi connectivity index (χ2n) is 9.74. The molecule has 2 heterocycles. The van der Waals surface area contributed by atoms with Crippen LogP contribution in [0.2, 0.25) is 18.1 Å². The number of alkyl halides is 3. The molecule has 2 rings (SSSR count). The van der Waals surface area contributed by atoms with Crippen LogP contribution in [0, 0.1) is 11.8 Å². The average Bonchev–Trinajstić information content (AvgIpc) is 3.17. The van der Waals surface area contributed by atoms with Crippen molar-refractivity contribution in [1.29, 1.82) is 0 Å². The number of ether oxygens (including phenoxy) is 2. The normalized spacial score (nSPS) is 20.4. The molecular formula is C22H32F3N3O6S2Si. The number of halogens is 3. The van der Waals surface area contributed by atoms with E-state index in [4.69, 9.17) is 13.9 Å². The Balaban J connectivity index is 2.22. The Labute approximate surface area is 222 Å². The lowest BCUT2D eigenvalue weighted by molar-refractivity contribution is -0.173. The van der Waals surface area contributed by atoms with Gasteiger partial charge in [-0.25, -0.2) is 4.79 Å². The summed E-state index contributed by atoms with van der Waals surface area (Å²) in [6.07, 6.45) is -3.24. The third kappa shape index (κ3) is 8.93. The van der Waals surface area contributed by atoms with Crippen molar-refractivity contribution in [2.75, 3.05) is 25.3 Å². The molecule has 0 bridgehead atoms. The molecule has 2 N–H and O–H groups in total. The predicted molar refractivity (Wildman–Crippen MR) is 140 cm³/mol. The lowest BCUT2D eigenvalue weighted by Crippen LogP contribution is -2.44. The van der Waals surface area contributed by atoms with Gasteiger partial charge in [-0.3, -0.25) is 19.1 Å². The monoisotopic (exact) mass is 583 g/mol. The number of rotatable bonds is 9.